The average Bonchev–Trinajstić information content (AvgIpc) is 3.44. The van der Waals surface area contributed by atoms with Crippen molar-refractivity contribution in [3.63, 3.8) is 0 Å². The Kier molecular flexibility index (Phi) is 5.38. The predicted molar refractivity (Wildman–Crippen MR) is 101 cm³/mol. The summed E-state index contributed by atoms with van der Waals surface area (Å²) in [5.41, 5.74) is 0.391. The van der Waals surface area contributed by atoms with Crippen molar-refractivity contribution in [2.45, 2.75) is 13.0 Å². The van der Waals surface area contributed by atoms with Gasteiger partial charge in [-0.1, -0.05) is 0 Å². The van der Waals surface area contributed by atoms with Gasteiger partial charge in [-0.3, -0.25) is 9.69 Å². The van der Waals surface area contributed by atoms with Gasteiger partial charge in [-0.2, -0.15) is 0 Å². The van der Waals surface area contributed by atoms with Crippen molar-refractivity contribution in [2.24, 2.45) is 0 Å². The van der Waals surface area contributed by atoms with Gasteiger partial charge in [0.05, 0.1) is 25.5 Å². The van der Waals surface area contributed by atoms with Crippen LogP contribution in [-0.4, -0.2) is 48.6 Å². The van der Waals surface area contributed by atoms with E-state index in [9.17, 15) is 4.79 Å². The molecule has 27 heavy (non-hydrogen) atoms. The van der Waals surface area contributed by atoms with E-state index in [0.717, 1.165) is 24.6 Å². The zero-order chi connectivity index (χ0) is 18.6. The zero-order valence-electron chi connectivity index (χ0n) is 15.0. The second-order valence-corrected chi connectivity index (χ2v) is 7.20. The SMILES string of the molecule is Cc1ccc(C(CNC(=O)c2csc(-c3ccco3)n2)N2CCOCC2)o1. The third-order valence-electron chi connectivity index (χ3n) is 4.50. The first-order chi connectivity index (χ1) is 13.2. The van der Waals surface area contributed by atoms with E-state index in [-0.39, 0.29) is 11.9 Å². The molecule has 0 aromatic carbocycles. The molecule has 3 aromatic rings. The van der Waals surface area contributed by atoms with Crippen molar-refractivity contribution in [1.29, 1.82) is 0 Å². The third-order valence-corrected chi connectivity index (χ3v) is 5.36. The van der Waals surface area contributed by atoms with Crippen molar-refractivity contribution in [1.82, 2.24) is 15.2 Å². The molecule has 1 unspecified atom stereocenters. The van der Waals surface area contributed by atoms with E-state index in [1.54, 1.807) is 17.7 Å². The van der Waals surface area contributed by atoms with Gasteiger partial charge in [0.1, 0.15) is 17.2 Å². The fraction of sp³-hybridized carbons (Fsp3) is 0.368. The highest BCUT2D eigenvalue weighted by Gasteiger charge is 2.26. The van der Waals surface area contributed by atoms with Crippen LogP contribution in [0.15, 0.2) is 44.7 Å². The molecule has 1 fully saturated rings. The van der Waals surface area contributed by atoms with Crippen LogP contribution < -0.4 is 5.32 Å². The van der Waals surface area contributed by atoms with Crippen LogP contribution in [0, 0.1) is 6.92 Å². The predicted octanol–water partition coefficient (Wildman–Crippen LogP) is 3.11. The van der Waals surface area contributed by atoms with Crippen molar-refractivity contribution < 1.29 is 18.4 Å². The quantitative estimate of drug-likeness (QED) is 0.700. The molecule has 4 heterocycles. The van der Waals surface area contributed by atoms with Crippen LogP contribution in [0.4, 0.5) is 0 Å². The van der Waals surface area contributed by atoms with Gasteiger partial charge in [-0.25, -0.2) is 4.98 Å². The highest BCUT2D eigenvalue weighted by Crippen LogP contribution is 2.25. The Hall–Kier alpha value is -2.42. The number of carbonyl (C=O) groups excluding carboxylic acids is 1. The van der Waals surface area contributed by atoms with Gasteiger partial charge in [0.15, 0.2) is 10.8 Å². The van der Waals surface area contributed by atoms with E-state index < -0.39 is 0 Å². The number of nitrogens with zero attached hydrogens (tertiary/aromatic N) is 2. The summed E-state index contributed by atoms with van der Waals surface area (Å²) in [6.45, 7) is 5.34. The van der Waals surface area contributed by atoms with Crippen molar-refractivity contribution in [3.8, 4) is 10.8 Å². The minimum Gasteiger partial charge on any atom is -0.465 e. The van der Waals surface area contributed by atoms with Gasteiger partial charge >= 0.3 is 0 Å². The van der Waals surface area contributed by atoms with Gasteiger partial charge in [-0.05, 0) is 31.2 Å². The summed E-state index contributed by atoms with van der Waals surface area (Å²) in [5.74, 6) is 2.17. The van der Waals surface area contributed by atoms with E-state index in [1.807, 2.05) is 25.1 Å². The topological polar surface area (TPSA) is 80.7 Å². The van der Waals surface area contributed by atoms with Crippen LogP contribution in [0.25, 0.3) is 10.8 Å². The maximum Gasteiger partial charge on any atom is 0.270 e. The molecular formula is C19H21N3O4S. The smallest absolute Gasteiger partial charge is 0.270 e. The summed E-state index contributed by atoms with van der Waals surface area (Å²) >= 11 is 1.39. The number of aromatic nitrogens is 1. The average molecular weight is 387 g/mol. The first-order valence-electron chi connectivity index (χ1n) is 8.86. The molecule has 7 nitrogen and oxygen atoms in total. The molecule has 0 saturated carbocycles. The number of ether oxygens (including phenoxy) is 1. The molecule has 0 aliphatic carbocycles. The van der Waals surface area contributed by atoms with Crippen LogP contribution in [0.2, 0.25) is 0 Å². The van der Waals surface area contributed by atoms with Gasteiger partial charge in [-0.15, -0.1) is 11.3 Å². The van der Waals surface area contributed by atoms with Crippen LogP contribution in [0.3, 0.4) is 0 Å². The zero-order valence-corrected chi connectivity index (χ0v) is 15.8. The van der Waals surface area contributed by atoms with Gasteiger partial charge < -0.3 is 18.9 Å². The van der Waals surface area contributed by atoms with E-state index >= 15 is 0 Å². The largest absolute Gasteiger partial charge is 0.465 e. The van der Waals surface area contributed by atoms with E-state index in [0.29, 0.717) is 36.2 Å². The normalized spacial score (nSPS) is 16.3. The van der Waals surface area contributed by atoms with Crippen LogP contribution in [-0.2, 0) is 4.74 Å². The molecule has 1 amide bonds. The van der Waals surface area contributed by atoms with Gasteiger partial charge in [0, 0.05) is 25.0 Å². The minimum atomic E-state index is -0.203. The van der Waals surface area contributed by atoms with Crippen LogP contribution in [0.5, 0.6) is 0 Å². The van der Waals surface area contributed by atoms with Gasteiger partial charge in [0.25, 0.3) is 5.91 Å². The monoisotopic (exact) mass is 387 g/mol. The standard InChI is InChI=1S/C19H21N3O4S/c1-13-4-5-16(26-13)15(22-6-9-24-10-7-22)11-20-18(23)14-12-27-19(21-14)17-3-2-8-25-17/h2-5,8,12,15H,6-7,9-11H2,1H3,(H,20,23). The summed E-state index contributed by atoms with van der Waals surface area (Å²) in [6.07, 6.45) is 1.59. The lowest BCUT2D eigenvalue weighted by Crippen LogP contribution is -2.43. The lowest BCUT2D eigenvalue weighted by Gasteiger charge is -2.33. The Balaban J connectivity index is 1.44. The van der Waals surface area contributed by atoms with Crippen molar-refractivity contribution in [3.05, 3.63) is 53.1 Å². The molecule has 1 N–H and O–H groups in total. The number of furan rings is 2. The van der Waals surface area contributed by atoms with E-state index in [4.69, 9.17) is 13.6 Å². The molecule has 0 spiro atoms. The lowest BCUT2D eigenvalue weighted by atomic mass is 10.1. The molecule has 1 aliphatic rings. The van der Waals surface area contributed by atoms with E-state index in [1.165, 1.54) is 11.3 Å². The number of aryl methyl sites for hydroxylation is 1. The molecule has 1 aliphatic heterocycles. The molecular weight excluding hydrogens is 366 g/mol. The molecule has 1 atom stereocenters. The summed E-state index contributed by atoms with van der Waals surface area (Å²) < 4.78 is 16.6. The lowest BCUT2D eigenvalue weighted by molar-refractivity contribution is 0.0117. The molecule has 0 bridgehead atoms. The first-order valence-corrected chi connectivity index (χ1v) is 9.74. The Morgan fingerprint density at radius 2 is 2.19 bits per heavy atom. The van der Waals surface area contributed by atoms with Crippen molar-refractivity contribution in [2.75, 3.05) is 32.8 Å². The fourth-order valence-corrected chi connectivity index (χ4v) is 3.87. The number of morpholine rings is 1. The number of thiazole rings is 1. The number of hydrogen-bond acceptors (Lipinski definition) is 7. The molecule has 8 heteroatoms. The molecule has 3 aromatic heterocycles. The van der Waals surface area contributed by atoms with Crippen LogP contribution >= 0.6 is 11.3 Å². The summed E-state index contributed by atoms with van der Waals surface area (Å²) in [6, 6.07) is 7.51. The highest BCUT2D eigenvalue weighted by molar-refractivity contribution is 7.13. The highest BCUT2D eigenvalue weighted by atomic mass is 32.1. The Bertz CT molecular complexity index is 881. The maximum atomic E-state index is 12.6. The number of hydrogen-bond donors (Lipinski definition) is 1. The number of rotatable bonds is 6. The Labute approximate surface area is 160 Å². The molecule has 1 saturated heterocycles. The van der Waals surface area contributed by atoms with E-state index in [2.05, 4.69) is 15.2 Å². The Morgan fingerprint density at radius 3 is 2.89 bits per heavy atom. The van der Waals surface area contributed by atoms with Crippen molar-refractivity contribution >= 4 is 17.2 Å². The Morgan fingerprint density at radius 1 is 1.33 bits per heavy atom. The minimum absolute atomic E-state index is 0.0327. The van der Waals surface area contributed by atoms with Gasteiger partial charge in [0.2, 0.25) is 0 Å². The second kappa shape index (κ2) is 8.08. The number of nitrogens with one attached hydrogen (secondary N) is 1. The fourth-order valence-electron chi connectivity index (χ4n) is 3.10. The number of amides is 1. The summed E-state index contributed by atoms with van der Waals surface area (Å²) in [7, 11) is 0. The first kappa shape index (κ1) is 18.0. The molecule has 0 radical (unpaired) electrons. The number of carbonyl (C=O) groups is 1. The molecule has 4 rings (SSSR count). The maximum absolute atomic E-state index is 12.6. The third kappa shape index (κ3) is 4.13. The second-order valence-electron chi connectivity index (χ2n) is 6.34. The summed E-state index contributed by atoms with van der Waals surface area (Å²) in [4.78, 5) is 19.2. The molecule has 142 valence electrons. The van der Waals surface area contributed by atoms with Crippen LogP contribution in [0.1, 0.15) is 28.1 Å². The summed E-state index contributed by atoms with van der Waals surface area (Å²) in [5, 5.41) is 5.43.